The number of piperidine rings is 1. The third kappa shape index (κ3) is 5.33. The maximum atomic E-state index is 12.6. The number of rotatable bonds is 7. The average Bonchev–Trinajstić information content (AvgIpc) is 3.17. The van der Waals surface area contributed by atoms with Crippen LogP contribution in [0.25, 0.3) is 0 Å². The first-order chi connectivity index (χ1) is 13.9. The van der Waals surface area contributed by atoms with Gasteiger partial charge in [-0.15, -0.1) is 0 Å². The van der Waals surface area contributed by atoms with Crippen molar-refractivity contribution in [3.8, 4) is 0 Å². The zero-order valence-electron chi connectivity index (χ0n) is 16.1. The average molecular weight is 423 g/mol. The molecule has 0 saturated carbocycles. The summed E-state index contributed by atoms with van der Waals surface area (Å²) < 4.78 is 31.7. The second-order valence-electron chi connectivity index (χ2n) is 7.05. The Balaban J connectivity index is 1.46. The summed E-state index contributed by atoms with van der Waals surface area (Å²) in [6, 6.07) is 6.00. The lowest BCUT2D eigenvalue weighted by atomic mass is 10.1. The molecule has 2 fully saturated rings. The quantitative estimate of drug-likeness (QED) is 0.652. The molecule has 0 spiro atoms. The van der Waals surface area contributed by atoms with Crippen LogP contribution in [0.5, 0.6) is 0 Å². The van der Waals surface area contributed by atoms with E-state index in [2.05, 4.69) is 5.32 Å². The largest absolute Gasteiger partial charge is 0.456 e. The van der Waals surface area contributed by atoms with Gasteiger partial charge in [-0.05, 0) is 37.0 Å². The molecule has 29 heavy (non-hydrogen) atoms. The van der Waals surface area contributed by atoms with Gasteiger partial charge >= 0.3 is 12.0 Å². The molecule has 1 aromatic carbocycles. The minimum Gasteiger partial charge on any atom is -0.456 e. The van der Waals surface area contributed by atoms with E-state index < -0.39 is 34.5 Å². The predicted molar refractivity (Wildman–Crippen MR) is 103 cm³/mol. The molecule has 0 atom stereocenters. The normalized spacial score (nSPS) is 17.8. The molecule has 3 amide bonds. The number of carbonyl (C=O) groups excluding carboxylic acids is 3. The van der Waals surface area contributed by atoms with Crippen LogP contribution in [0.4, 0.5) is 4.79 Å². The maximum absolute atomic E-state index is 12.6. The van der Waals surface area contributed by atoms with Crippen LogP contribution in [0.2, 0.25) is 0 Å². The Morgan fingerprint density at radius 2 is 1.72 bits per heavy atom. The smallest absolute Gasteiger partial charge is 0.324 e. The van der Waals surface area contributed by atoms with Gasteiger partial charge in [0.2, 0.25) is 10.0 Å². The number of sulfonamides is 1. The number of urea groups is 1. The fourth-order valence-corrected chi connectivity index (χ4v) is 4.85. The number of nitrogens with zero attached hydrogens (tertiary/aromatic N) is 2. The molecule has 0 unspecified atom stereocenters. The molecule has 0 radical (unpaired) electrons. The Kier molecular flexibility index (Phi) is 6.86. The van der Waals surface area contributed by atoms with Gasteiger partial charge in [-0.25, -0.2) is 13.2 Å². The van der Waals surface area contributed by atoms with Crippen molar-refractivity contribution in [3.63, 3.8) is 0 Å². The van der Waals surface area contributed by atoms with E-state index in [9.17, 15) is 22.8 Å². The van der Waals surface area contributed by atoms with Crippen LogP contribution in [-0.2, 0) is 30.8 Å². The zero-order valence-corrected chi connectivity index (χ0v) is 16.9. The summed E-state index contributed by atoms with van der Waals surface area (Å²) in [6.45, 7) is 1.28. The molecule has 2 aliphatic rings. The number of esters is 1. The van der Waals surface area contributed by atoms with Gasteiger partial charge in [0, 0.05) is 32.6 Å². The number of amides is 3. The van der Waals surface area contributed by atoms with Gasteiger partial charge in [0.1, 0.15) is 0 Å². The second kappa shape index (κ2) is 9.36. The molecule has 158 valence electrons. The molecule has 1 aromatic rings. The number of benzene rings is 1. The van der Waals surface area contributed by atoms with Gasteiger partial charge in [-0.1, -0.05) is 18.6 Å². The Labute approximate surface area is 170 Å². The molecule has 0 bridgehead atoms. The van der Waals surface area contributed by atoms with Crippen molar-refractivity contribution in [1.82, 2.24) is 14.5 Å². The highest BCUT2D eigenvalue weighted by Crippen LogP contribution is 2.21. The van der Waals surface area contributed by atoms with Gasteiger partial charge in [-0.3, -0.25) is 14.5 Å². The second-order valence-corrected chi connectivity index (χ2v) is 8.98. The minimum absolute atomic E-state index is 0.0533. The van der Waals surface area contributed by atoms with Crippen molar-refractivity contribution in [2.45, 2.75) is 37.0 Å². The third-order valence-corrected chi connectivity index (χ3v) is 6.92. The summed E-state index contributed by atoms with van der Waals surface area (Å²) in [4.78, 5) is 36.3. The van der Waals surface area contributed by atoms with Gasteiger partial charge in [0.25, 0.3) is 5.91 Å². The minimum atomic E-state index is -3.47. The fourth-order valence-electron chi connectivity index (χ4n) is 3.33. The van der Waals surface area contributed by atoms with Gasteiger partial charge in [0.05, 0.1) is 4.90 Å². The van der Waals surface area contributed by atoms with Crippen LogP contribution >= 0.6 is 0 Å². The first-order valence-electron chi connectivity index (χ1n) is 9.71. The molecule has 1 N–H and O–H groups in total. The standard InChI is InChI=1S/C19H25N3O6S/c23-17(22-13-10-20-19(22)25)14-28-18(24)9-6-15-4-7-16(8-5-15)29(26,27)21-11-2-1-3-12-21/h4-5,7-8H,1-3,6,9-14H2,(H,20,25). The van der Waals surface area contributed by atoms with Crippen molar-refractivity contribution in [2.24, 2.45) is 0 Å². The summed E-state index contributed by atoms with van der Waals surface area (Å²) >= 11 is 0. The monoisotopic (exact) mass is 423 g/mol. The van der Waals surface area contributed by atoms with Gasteiger partial charge in [0.15, 0.2) is 6.61 Å². The molecule has 10 heteroatoms. The molecule has 2 aliphatic heterocycles. The third-order valence-electron chi connectivity index (χ3n) is 5.01. The summed E-state index contributed by atoms with van der Waals surface area (Å²) in [6.07, 6.45) is 3.23. The van der Waals surface area contributed by atoms with Crippen LogP contribution in [0.15, 0.2) is 29.2 Å². The van der Waals surface area contributed by atoms with E-state index in [-0.39, 0.29) is 17.9 Å². The maximum Gasteiger partial charge on any atom is 0.324 e. The molecule has 9 nitrogen and oxygen atoms in total. The molecular weight excluding hydrogens is 398 g/mol. The molecule has 0 aromatic heterocycles. The van der Waals surface area contributed by atoms with Gasteiger partial charge in [-0.2, -0.15) is 4.31 Å². The lowest BCUT2D eigenvalue weighted by Crippen LogP contribution is -2.37. The number of nitrogens with one attached hydrogen (secondary N) is 1. The Morgan fingerprint density at radius 1 is 1.03 bits per heavy atom. The number of ether oxygens (including phenoxy) is 1. The Hall–Kier alpha value is -2.46. The number of hydrogen-bond donors (Lipinski definition) is 1. The van der Waals surface area contributed by atoms with Crippen molar-refractivity contribution in [1.29, 1.82) is 0 Å². The van der Waals surface area contributed by atoms with Crippen molar-refractivity contribution < 1.29 is 27.5 Å². The van der Waals surface area contributed by atoms with Crippen molar-refractivity contribution in [3.05, 3.63) is 29.8 Å². The Bertz CT molecular complexity index is 862. The highest BCUT2D eigenvalue weighted by Gasteiger charge is 2.27. The molecular formula is C19H25N3O6S. The number of carbonyl (C=O) groups is 3. The Morgan fingerprint density at radius 3 is 2.34 bits per heavy atom. The topological polar surface area (TPSA) is 113 Å². The van der Waals surface area contributed by atoms with Crippen LogP contribution in [0, 0.1) is 0 Å². The van der Waals surface area contributed by atoms with Crippen molar-refractivity contribution >= 4 is 27.9 Å². The van der Waals surface area contributed by atoms with Gasteiger partial charge < -0.3 is 10.1 Å². The molecule has 2 heterocycles. The number of imide groups is 1. The molecule has 3 rings (SSSR count). The lowest BCUT2D eigenvalue weighted by Gasteiger charge is -2.25. The highest BCUT2D eigenvalue weighted by atomic mass is 32.2. The first kappa shape index (κ1) is 21.3. The zero-order chi connectivity index (χ0) is 20.9. The summed E-state index contributed by atoms with van der Waals surface area (Å²) in [5, 5.41) is 2.50. The van der Waals surface area contributed by atoms with E-state index in [0.717, 1.165) is 29.7 Å². The van der Waals surface area contributed by atoms with Crippen LogP contribution in [0.1, 0.15) is 31.2 Å². The summed E-state index contributed by atoms with van der Waals surface area (Å²) in [5.41, 5.74) is 0.796. The highest BCUT2D eigenvalue weighted by molar-refractivity contribution is 7.89. The van der Waals surface area contributed by atoms with E-state index in [1.54, 1.807) is 24.3 Å². The van der Waals surface area contributed by atoms with Crippen LogP contribution in [0.3, 0.4) is 0 Å². The van der Waals surface area contributed by atoms with E-state index in [1.807, 2.05) is 0 Å². The summed E-state index contributed by atoms with van der Waals surface area (Å²) in [5.74, 6) is -1.11. The lowest BCUT2D eigenvalue weighted by molar-refractivity contribution is -0.150. The van der Waals surface area contributed by atoms with Crippen LogP contribution in [-0.4, -0.2) is 68.3 Å². The number of aryl methyl sites for hydroxylation is 1. The molecule has 2 saturated heterocycles. The summed E-state index contributed by atoms with van der Waals surface area (Å²) in [7, 11) is -3.47. The van der Waals surface area contributed by atoms with E-state index in [1.165, 1.54) is 4.31 Å². The fraction of sp³-hybridized carbons (Fsp3) is 0.526. The van der Waals surface area contributed by atoms with Crippen LogP contribution < -0.4 is 5.32 Å². The van der Waals surface area contributed by atoms with E-state index in [4.69, 9.17) is 4.74 Å². The molecule has 0 aliphatic carbocycles. The SMILES string of the molecule is O=C(CCc1ccc(S(=O)(=O)N2CCCCC2)cc1)OCC(=O)N1CCNC1=O. The number of hydrogen-bond acceptors (Lipinski definition) is 6. The first-order valence-corrected chi connectivity index (χ1v) is 11.1. The van der Waals surface area contributed by atoms with E-state index in [0.29, 0.717) is 26.1 Å². The van der Waals surface area contributed by atoms with E-state index >= 15 is 0 Å². The predicted octanol–water partition coefficient (Wildman–Crippen LogP) is 0.889. The van der Waals surface area contributed by atoms with Crippen molar-refractivity contribution in [2.75, 3.05) is 32.8 Å².